The Labute approximate surface area is 269 Å². The SMILES string of the molecule is CC.CC.CCC1CCC(C(C)CCC(C)C2CC3(C)CC(C)(C)C(CC)C(C)C(C(C)C)C(C)CC(C)C3C2C)C1. The fraction of sp³-hybridized carbons (Fsp3) is 1.00. The van der Waals surface area contributed by atoms with E-state index in [1.807, 2.05) is 27.7 Å². The maximum atomic E-state index is 2.76. The van der Waals surface area contributed by atoms with E-state index in [0.717, 1.165) is 76.9 Å². The maximum absolute atomic E-state index is 2.76. The zero-order chi connectivity index (χ0) is 32.6. The maximum Gasteiger partial charge on any atom is -0.0284 e. The first-order valence-electron chi connectivity index (χ1n) is 19.7. The van der Waals surface area contributed by atoms with Crippen molar-refractivity contribution in [3.05, 3.63) is 0 Å². The Kier molecular flexibility index (Phi) is 16.8. The van der Waals surface area contributed by atoms with Crippen LogP contribution < -0.4 is 0 Å². The average molecular weight is 589 g/mol. The smallest absolute Gasteiger partial charge is 0.0284 e. The normalized spacial score (nSPS) is 41.6. The molecule has 42 heavy (non-hydrogen) atoms. The standard InChI is InChI=1S/C38H72.2C2H6/c1-14-31-18-19-32(21-31)25(5)16-17-26(6)33-22-38(13)23-37(11,12)34(15-2)30(10)35(24(3)4)27(7)20-28(8)36(38)29(33)9;2*1-2/h24-36H,14-23H2,1-13H3;2*1-2H3. The van der Waals surface area contributed by atoms with Gasteiger partial charge >= 0.3 is 0 Å². The predicted octanol–water partition coefficient (Wildman–Crippen LogP) is 14.2. The van der Waals surface area contributed by atoms with E-state index in [0.29, 0.717) is 10.8 Å². The molecule has 0 amide bonds. The predicted molar refractivity (Wildman–Crippen MR) is 193 cm³/mol. The molecule has 0 nitrogen and oxygen atoms in total. The highest BCUT2D eigenvalue weighted by Crippen LogP contribution is 2.63. The zero-order valence-corrected chi connectivity index (χ0v) is 32.6. The Morgan fingerprint density at radius 1 is 0.690 bits per heavy atom. The molecule has 3 aliphatic carbocycles. The van der Waals surface area contributed by atoms with Crippen LogP contribution >= 0.6 is 0 Å². The Morgan fingerprint density at radius 2 is 1.26 bits per heavy atom. The lowest BCUT2D eigenvalue weighted by molar-refractivity contribution is -0.0233. The molecule has 3 saturated carbocycles. The summed E-state index contributed by atoms with van der Waals surface area (Å²) in [6.45, 7) is 41.9. The summed E-state index contributed by atoms with van der Waals surface area (Å²) in [5.41, 5.74) is 0.903. The Morgan fingerprint density at radius 3 is 1.76 bits per heavy atom. The van der Waals surface area contributed by atoms with Gasteiger partial charge in [0.05, 0.1) is 0 Å². The lowest BCUT2D eigenvalue weighted by Crippen LogP contribution is -2.44. The molecule has 3 aliphatic rings. The van der Waals surface area contributed by atoms with Gasteiger partial charge in [-0.2, -0.15) is 0 Å². The molecule has 0 saturated heterocycles. The fourth-order valence-corrected chi connectivity index (χ4v) is 12.6. The topological polar surface area (TPSA) is 0 Å². The molecule has 0 bridgehead atoms. The van der Waals surface area contributed by atoms with E-state index in [9.17, 15) is 0 Å². The van der Waals surface area contributed by atoms with Crippen molar-refractivity contribution in [2.45, 2.75) is 182 Å². The van der Waals surface area contributed by atoms with Crippen LogP contribution in [-0.4, -0.2) is 0 Å². The number of fused-ring (bicyclic) bond motifs is 1. The van der Waals surface area contributed by atoms with E-state index in [4.69, 9.17) is 0 Å². The van der Waals surface area contributed by atoms with Gasteiger partial charge in [-0.05, 0) is 120 Å². The first-order chi connectivity index (χ1) is 19.7. The van der Waals surface area contributed by atoms with Crippen LogP contribution in [0, 0.1) is 87.8 Å². The van der Waals surface area contributed by atoms with Gasteiger partial charge in [-0.15, -0.1) is 0 Å². The van der Waals surface area contributed by atoms with Crippen LogP contribution in [0.2, 0.25) is 0 Å². The number of rotatable bonds is 8. The molecule has 0 N–H and O–H groups in total. The van der Waals surface area contributed by atoms with Crippen LogP contribution in [0.1, 0.15) is 182 Å². The lowest BCUT2D eigenvalue weighted by Gasteiger charge is -2.51. The molecule has 0 aromatic rings. The van der Waals surface area contributed by atoms with Crippen LogP contribution in [0.5, 0.6) is 0 Å². The zero-order valence-electron chi connectivity index (χ0n) is 32.6. The molecular formula is C42H84. The summed E-state index contributed by atoms with van der Waals surface area (Å²) in [4.78, 5) is 0. The van der Waals surface area contributed by atoms with Crippen LogP contribution in [0.25, 0.3) is 0 Å². The van der Waals surface area contributed by atoms with Gasteiger partial charge in [0.15, 0.2) is 0 Å². The summed E-state index contributed by atoms with van der Waals surface area (Å²) in [5.74, 6) is 11.5. The van der Waals surface area contributed by atoms with Gasteiger partial charge in [0.2, 0.25) is 0 Å². The van der Waals surface area contributed by atoms with Crippen LogP contribution in [0.15, 0.2) is 0 Å². The molecule has 0 radical (unpaired) electrons. The van der Waals surface area contributed by atoms with Crippen molar-refractivity contribution in [3.63, 3.8) is 0 Å². The summed E-state index contributed by atoms with van der Waals surface area (Å²) < 4.78 is 0. The quantitative estimate of drug-likeness (QED) is 0.264. The van der Waals surface area contributed by atoms with Crippen molar-refractivity contribution in [2.24, 2.45) is 87.8 Å². The molecule has 3 rings (SSSR count). The number of hydrogen-bond acceptors (Lipinski definition) is 0. The molecule has 252 valence electrons. The van der Waals surface area contributed by atoms with E-state index in [2.05, 4.69) is 90.0 Å². The first kappa shape index (κ1) is 40.0. The first-order valence-corrected chi connectivity index (χ1v) is 19.7. The molecule has 0 aromatic heterocycles. The van der Waals surface area contributed by atoms with Gasteiger partial charge < -0.3 is 0 Å². The molecule has 0 aromatic carbocycles. The van der Waals surface area contributed by atoms with Crippen LogP contribution in [-0.2, 0) is 0 Å². The van der Waals surface area contributed by atoms with Gasteiger partial charge in [-0.3, -0.25) is 0 Å². The molecule has 0 spiro atoms. The Hall–Kier alpha value is 0. The molecular weight excluding hydrogens is 504 g/mol. The average Bonchev–Trinajstić information content (AvgIpc) is 3.50. The Bertz CT molecular complexity index is 718. The van der Waals surface area contributed by atoms with E-state index in [1.165, 1.54) is 64.2 Å². The minimum absolute atomic E-state index is 0.412. The summed E-state index contributed by atoms with van der Waals surface area (Å²) >= 11 is 0. The fourth-order valence-electron chi connectivity index (χ4n) is 12.6. The van der Waals surface area contributed by atoms with Crippen molar-refractivity contribution in [3.8, 4) is 0 Å². The van der Waals surface area contributed by atoms with Crippen molar-refractivity contribution in [1.82, 2.24) is 0 Å². The van der Waals surface area contributed by atoms with E-state index in [-0.39, 0.29) is 0 Å². The molecule has 13 unspecified atom stereocenters. The molecule has 0 aliphatic heterocycles. The third kappa shape index (κ3) is 9.27. The summed E-state index contributed by atoms with van der Waals surface area (Å²) in [5, 5.41) is 0. The van der Waals surface area contributed by atoms with E-state index < -0.39 is 0 Å². The van der Waals surface area contributed by atoms with Gasteiger partial charge in [0.1, 0.15) is 0 Å². The third-order valence-corrected chi connectivity index (χ3v) is 13.8. The second-order valence-corrected chi connectivity index (χ2v) is 17.3. The highest BCUT2D eigenvalue weighted by Gasteiger charge is 2.55. The molecule has 0 heteroatoms. The monoisotopic (exact) mass is 589 g/mol. The van der Waals surface area contributed by atoms with Gasteiger partial charge in [-0.1, -0.05) is 150 Å². The van der Waals surface area contributed by atoms with Crippen molar-refractivity contribution < 1.29 is 0 Å². The largest absolute Gasteiger partial charge is 0.0683 e. The highest BCUT2D eigenvalue weighted by molar-refractivity contribution is 5.04. The van der Waals surface area contributed by atoms with E-state index >= 15 is 0 Å². The summed E-state index contributed by atoms with van der Waals surface area (Å²) in [6, 6.07) is 0. The number of hydrogen-bond donors (Lipinski definition) is 0. The Balaban J connectivity index is 0.00000211. The second-order valence-electron chi connectivity index (χ2n) is 17.3. The van der Waals surface area contributed by atoms with Gasteiger partial charge in [0.25, 0.3) is 0 Å². The van der Waals surface area contributed by atoms with Crippen LogP contribution in [0.3, 0.4) is 0 Å². The summed E-state index contributed by atoms with van der Waals surface area (Å²) in [6.07, 6.45) is 14.6. The van der Waals surface area contributed by atoms with Crippen molar-refractivity contribution >= 4 is 0 Å². The highest BCUT2D eigenvalue weighted by atomic mass is 14.6. The van der Waals surface area contributed by atoms with Gasteiger partial charge in [-0.25, -0.2) is 0 Å². The van der Waals surface area contributed by atoms with E-state index in [1.54, 1.807) is 0 Å². The van der Waals surface area contributed by atoms with Crippen molar-refractivity contribution in [2.75, 3.05) is 0 Å². The summed E-state index contributed by atoms with van der Waals surface area (Å²) in [7, 11) is 0. The molecule has 3 fully saturated rings. The van der Waals surface area contributed by atoms with Crippen molar-refractivity contribution in [1.29, 1.82) is 0 Å². The van der Waals surface area contributed by atoms with Gasteiger partial charge in [0, 0.05) is 0 Å². The van der Waals surface area contributed by atoms with Crippen LogP contribution in [0.4, 0.5) is 0 Å². The molecule has 0 heterocycles. The minimum atomic E-state index is 0.412. The minimum Gasteiger partial charge on any atom is -0.0683 e. The molecule has 13 atom stereocenters. The lowest BCUT2D eigenvalue weighted by atomic mass is 9.54. The third-order valence-electron chi connectivity index (χ3n) is 13.8. The second kappa shape index (κ2) is 17.6.